The minimum atomic E-state index is -1.18. The number of carbonyl (C=O) groups is 3. The summed E-state index contributed by atoms with van der Waals surface area (Å²) < 4.78 is 9.88. The summed E-state index contributed by atoms with van der Waals surface area (Å²) in [5.74, 6) is -2.36. The summed E-state index contributed by atoms with van der Waals surface area (Å²) in [4.78, 5) is 33.7. The molecule has 1 aliphatic rings. The second-order valence-electron chi connectivity index (χ2n) is 4.56. The van der Waals surface area contributed by atoms with Gasteiger partial charge in [0.15, 0.2) is 0 Å². The highest BCUT2D eigenvalue weighted by molar-refractivity contribution is 5.85. The molecule has 2 unspecified atom stereocenters. The first-order chi connectivity index (χ1) is 10.1. The van der Waals surface area contributed by atoms with Crippen molar-refractivity contribution in [2.75, 3.05) is 0 Å². The number of nitrogens with one attached hydrogen (secondary N) is 1. The number of carboxylic acid groups (broad SMARTS) is 1. The van der Waals surface area contributed by atoms with Crippen molar-refractivity contribution in [2.45, 2.75) is 31.7 Å². The van der Waals surface area contributed by atoms with E-state index in [1.54, 1.807) is 12.1 Å². The smallest absolute Gasteiger partial charge is 0.363 e. The van der Waals surface area contributed by atoms with Crippen molar-refractivity contribution in [3.8, 4) is 0 Å². The molecule has 0 amide bonds. The predicted molar refractivity (Wildman–Crippen MR) is 69.9 cm³/mol. The van der Waals surface area contributed by atoms with Crippen molar-refractivity contribution < 1.29 is 29.0 Å². The third kappa shape index (κ3) is 4.28. The van der Waals surface area contributed by atoms with Gasteiger partial charge in [-0.15, -0.1) is 0 Å². The molecule has 1 saturated heterocycles. The topological polar surface area (TPSA) is 102 Å². The maximum absolute atomic E-state index is 11.8. The van der Waals surface area contributed by atoms with E-state index >= 15 is 0 Å². The van der Waals surface area contributed by atoms with Gasteiger partial charge in [0.1, 0.15) is 12.6 Å². The zero-order valence-corrected chi connectivity index (χ0v) is 11.2. The third-order valence-electron chi connectivity index (χ3n) is 2.96. The fourth-order valence-corrected chi connectivity index (χ4v) is 1.87. The maximum Gasteiger partial charge on any atom is 0.363 e. The van der Waals surface area contributed by atoms with Gasteiger partial charge in [0.2, 0.25) is 0 Å². The Labute approximate surface area is 120 Å². The highest BCUT2D eigenvalue weighted by Crippen LogP contribution is 2.12. The van der Waals surface area contributed by atoms with Gasteiger partial charge in [-0.05, 0) is 12.0 Å². The van der Waals surface area contributed by atoms with E-state index in [9.17, 15) is 14.4 Å². The Morgan fingerprint density at radius 2 is 2.00 bits per heavy atom. The van der Waals surface area contributed by atoms with E-state index in [4.69, 9.17) is 14.6 Å². The summed E-state index contributed by atoms with van der Waals surface area (Å²) in [5.41, 5.74) is 0.817. The fraction of sp³-hybridized carbons (Fsp3) is 0.357. The van der Waals surface area contributed by atoms with E-state index in [0.29, 0.717) is 0 Å². The minimum Gasteiger partial charge on any atom is -0.481 e. The number of hydrogen-bond acceptors (Lipinski definition) is 6. The first-order valence-corrected chi connectivity index (χ1v) is 6.45. The van der Waals surface area contributed by atoms with Crippen LogP contribution in [0.15, 0.2) is 30.3 Å². The zero-order chi connectivity index (χ0) is 15.2. The molecule has 7 heteroatoms. The number of ether oxygens (including phenoxy) is 2. The minimum absolute atomic E-state index is 0.0661. The summed E-state index contributed by atoms with van der Waals surface area (Å²) in [5, 5.41) is 11.2. The highest BCUT2D eigenvalue weighted by atomic mass is 16.6. The van der Waals surface area contributed by atoms with E-state index in [-0.39, 0.29) is 19.4 Å². The van der Waals surface area contributed by atoms with Gasteiger partial charge in [0.25, 0.3) is 6.23 Å². The Morgan fingerprint density at radius 3 is 2.67 bits per heavy atom. The molecule has 2 rings (SSSR count). The summed E-state index contributed by atoms with van der Waals surface area (Å²) in [6, 6.07) is 8.29. The maximum atomic E-state index is 11.8. The van der Waals surface area contributed by atoms with E-state index in [1.165, 1.54) is 0 Å². The third-order valence-corrected chi connectivity index (χ3v) is 2.96. The molecule has 112 valence electrons. The number of aliphatic carboxylic acids is 1. The Hall–Kier alpha value is -2.41. The van der Waals surface area contributed by atoms with Gasteiger partial charge in [-0.25, -0.2) is 4.79 Å². The van der Waals surface area contributed by atoms with Crippen LogP contribution in [-0.2, 0) is 30.5 Å². The summed E-state index contributed by atoms with van der Waals surface area (Å²) in [6.45, 7) is 0.0786. The lowest BCUT2D eigenvalue weighted by Crippen LogP contribution is -2.38. The van der Waals surface area contributed by atoms with Crippen LogP contribution in [0.2, 0.25) is 0 Å². The molecule has 1 aromatic carbocycles. The molecule has 0 radical (unpaired) electrons. The first kappa shape index (κ1) is 15.0. The normalized spacial score (nSPS) is 20.9. The zero-order valence-electron chi connectivity index (χ0n) is 11.2. The SMILES string of the molecule is O=C(O)CCC1NC(C(=O)OCc2ccccc2)OC1=O. The number of rotatable bonds is 6. The number of hydrogen-bond donors (Lipinski definition) is 2. The van der Waals surface area contributed by atoms with Crippen LogP contribution < -0.4 is 5.32 Å². The van der Waals surface area contributed by atoms with Crippen molar-refractivity contribution in [3.63, 3.8) is 0 Å². The van der Waals surface area contributed by atoms with Crippen molar-refractivity contribution in [2.24, 2.45) is 0 Å². The molecule has 1 aromatic rings. The first-order valence-electron chi connectivity index (χ1n) is 6.45. The van der Waals surface area contributed by atoms with Gasteiger partial charge in [-0.3, -0.25) is 14.9 Å². The van der Waals surface area contributed by atoms with Crippen LogP contribution in [0.25, 0.3) is 0 Å². The predicted octanol–water partition coefficient (Wildman–Crippen LogP) is 0.436. The summed E-state index contributed by atoms with van der Waals surface area (Å²) in [6.07, 6.45) is -1.30. The molecular weight excluding hydrogens is 278 g/mol. The van der Waals surface area contributed by atoms with Gasteiger partial charge in [0.05, 0.1) is 0 Å². The highest BCUT2D eigenvalue weighted by Gasteiger charge is 2.38. The van der Waals surface area contributed by atoms with Gasteiger partial charge >= 0.3 is 17.9 Å². The van der Waals surface area contributed by atoms with Crippen LogP contribution in [0, 0.1) is 0 Å². The van der Waals surface area contributed by atoms with Crippen LogP contribution >= 0.6 is 0 Å². The summed E-state index contributed by atoms with van der Waals surface area (Å²) in [7, 11) is 0. The van der Waals surface area contributed by atoms with Crippen LogP contribution in [0.3, 0.4) is 0 Å². The molecule has 1 fully saturated rings. The molecule has 1 aliphatic heterocycles. The lowest BCUT2D eigenvalue weighted by atomic mass is 10.2. The van der Waals surface area contributed by atoms with Crippen molar-refractivity contribution in [1.29, 1.82) is 0 Å². The van der Waals surface area contributed by atoms with E-state index in [2.05, 4.69) is 5.32 Å². The number of carbonyl (C=O) groups excluding carboxylic acids is 2. The molecule has 1 heterocycles. The molecule has 0 aromatic heterocycles. The average molecular weight is 293 g/mol. The van der Waals surface area contributed by atoms with Crippen molar-refractivity contribution >= 4 is 17.9 Å². The Kier molecular flexibility index (Phi) is 4.89. The molecule has 7 nitrogen and oxygen atoms in total. The Balaban J connectivity index is 1.81. The van der Waals surface area contributed by atoms with Crippen molar-refractivity contribution in [1.82, 2.24) is 5.32 Å². The summed E-state index contributed by atoms with van der Waals surface area (Å²) >= 11 is 0. The van der Waals surface area contributed by atoms with Crippen LogP contribution in [0.1, 0.15) is 18.4 Å². The largest absolute Gasteiger partial charge is 0.481 e. The second-order valence-corrected chi connectivity index (χ2v) is 4.56. The van der Waals surface area contributed by atoms with E-state index in [1.807, 2.05) is 18.2 Å². The fourth-order valence-electron chi connectivity index (χ4n) is 1.87. The molecule has 2 atom stereocenters. The standard InChI is InChI=1S/C14H15NO6/c16-11(17)7-6-10-13(18)21-12(15-10)14(19)20-8-9-4-2-1-3-5-9/h1-5,10,12,15H,6-8H2,(H,16,17). The molecule has 0 bridgehead atoms. The van der Waals surface area contributed by atoms with Gasteiger partial charge in [-0.2, -0.15) is 0 Å². The van der Waals surface area contributed by atoms with Gasteiger partial charge in [-0.1, -0.05) is 30.3 Å². The Morgan fingerprint density at radius 1 is 1.29 bits per heavy atom. The Bertz CT molecular complexity index is 530. The lowest BCUT2D eigenvalue weighted by molar-refractivity contribution is -0.163. The second kappa shape index (κ2) is 6.85. The van der Waals surface area contributed by atoms with Gasteiger partial charge < -0.3 is 14.6 Å². The molecule has 2 N–H and O–H groups in total. The van der Waals surface area contributed by atoms with Crippen LogP contribution in [0.5, 0.6) is 0 Å². The van der Waals surface area contributed by atoms with E-state index in [0.717, 1.165) is 5.56 Å². The van der Waals surface area contributed by atoms with Crippen LogP contribution in [-0.4, -0.2) is 35.3 Å². The molecule has 0 aliphatic carbocycles. The molecular formula is C14H15NO6. The quantitative estimate of drug-likeness (QED) is 0.733. The average Bonchev–Trinajstić information content (AvgIpc) is 2.85. The van der Waals surface area contributed by atoms with Gasteiger partial charge in [0, 0.05) is 6.42 Å². The molecule has 21 heavy (non-hydrogen) atoms. The monoisotopic (exact) mass is 293 g/mol. The van der Waals surface area contributed by atoms with Crippen LogP contribution in [0.4, 0.5) is 0 Å². The number of esters is 2. The lowest BCUT2D eigenvalue weighted by Gasteiger charge is -2.10. The molecule has 0 saturated carbocycles. The number of carboxylic acids is 1. The molecule has 0 spiro atoms. The van der Waals surface area contributed by atoms with Crippen molar-refractivity contribution in [3.05, 3.63) is 35.9 Å². The van der Waals surface area contributed by atoms with E-state index < -0.39 is 30.2 Å². The number of benzene rings is 1. The number of cyclic esters (lactones) is 1.